The fourth-order valence-electron chi connectivity index (χ4n) is 3.30. The van der Waals surface area contributed by atoms with E-state index in [1.54, 1.807) is 0 Å². The zero-order valence-corrected chi connectivity index (χ0v) is 16.1. The van der Waals surface area contributed by atoms with Crippen LogP contribution in [0.2, 0.25) is 0 Å². The molecule has 1 atom stereocenters. The molecule has 0 radical (unpaired) electrons. The molecule has 8 nitrogen and oxygen atoms in total. The number of aryl methyl sites for hydroxylation is 1. The molecule has 1 amide bonds. The highest BCUT2D eigenvalue weighted by Crippen LogP contribution is 2.27. The summed E-state index contributed by atoms with van der Waals surface area (Å²) in [5, 5.41) is 8.13. The Balaban J connectivity index is 1.61. The van der Waals surface area contributed by atoms with Gasteiger partial charge in [-0.15, -0.1) is 5.10 Å². The van der Waals surface area contributed by atoms with Crippen molar-refractivity contribution < 1.29 is 9.21 Å². The fraction of sp³-hybridized carbons (Fsp3) is 0.444. The average molecular weight is 387 g/mol. The van der Waals surface area contributed by atoms with Gasteiger partial charge in [0, 0.05) is 19.2 Å². The second kappa shape index (κ2) is 7.15. The van der Waals surface area contributed by atoms with Gasteiger partial charge in [-0.25, -0.2) is 0 Å². The summed E-state index contributed by atoms with van der Waals surface area (Å²) >= 11 is 1.34. The van der Waals surface area contributed by atoms with Gasteiger partial charge < -0.3 is 14.6 Å². The van der Waals surface area contributed by atoms with E-state index >= 15 is 0 Å². The van der Waals surface area contributed by atoms with Crippen LogP contribution in [0.5, 0.6) is 0 Å². The average Bonchev–Trinajstić information content (AvgIpc) is 3.25. The highest BCUT2D eigenvalue weighted by atomic mass is 32.1. The summed E-state index contributed by atoms with van der Waals surface area (Å²) in [6.07, 6.45) is 2.31. The lowest BCUT2D eigenvalue weighted by molar-refractivity contribution is 0.0940. The minimum Gasteiger partial charge on any atom is -0.465 e. The molecular formula is C18H21N5O3S. The highest BCUT2D eigenvalue weighted by Gasteiger charge is 2.22. The third-order valence-corrected chi connectivity index (χ3v) is 5.59. The van der Waals surface area contributed by atoms with Gasteiger partial charge in [0.15, 0.2) is 0 Å². The predicted molar refractivity (Wildman–Crippen MR) is 102 cm³/mol. The maximum absolute atomic E-state index is 12.6. The molecule has 1 aliphatic heterocycles. The van der Waals surface area contributed by atoms with Crippen LogP contribution in [0.15, 0.2) is 27.4 Å². The van der Waals surface area contributed by atoms with Crippen molar-refractivity contribution in [1.29, 1.82) is 0 Å². The van der Waals surface area contributed by atoms with Crippen molar-refractivity contribution in [2.75, 3.05) is 18.0 Å². The molecular weight excluding hydrogens is 366 g/mol. The number of aromatic nitrogens is 3. The van der Waals surface area contributed by atoms with Crippen molar-refractivity contribution in [2.45, 2.75) is 33.2 Å². The fourth-order valence-corrected chi connectivity index (χ4v) is 4.24. The van der Waals surface area contributed by atoms with Gasteiger partial charge in [0.05, 0.1) is 6.54 Å². The van der Waals surface area contributed by atoms with Crippen LogP contribution >= 0.6 is 11.3 Å². The van der Waals surface area contributed by atoms with Gasteiger partial charge in [-0.3, -0.25) is 9.59 Å². The Morgan fingerprint density at radius 2 is 2.30 bits per heavy atom. The van der Waals surface area contributed by atoms with E-state index in [0.717, 1.165) is 30.4 Å². The number of amides is 1. The molecule has 4 heterocycles. The molecule has 0 aliphatic carbocycles. The number of piperidine rings is 1. The van der Waals surface area contributed by atoms with E-state index in [9.17, 15) is 9.59 Å². The zero-order chi connectivity index (χ0) is 19.0. The zero-order valence-electron chi connectivity index (χ0n) is 15.3. The number of hydrogen-bond donors (Lipinski definition) is 1. The first-order valence-corrected chi connectivity index (χ1v) is 9.80. The van der Waals surface area contributed by atoms with Gasteiger partial charge in [-0.1, -0.05) is 18.3 Å². The number of furan rings is 1. The molecule has 142 valence electrons. The largest absolute Gasteiger partial charge is 0.465 e. The monoisotopic (exact) mass is 387 g/mol. The van der Waals surface area contributed by atoms with Gasteiger partial charge in [0.2, 0.25) is 10.1 Å². The number of hydrogen-bond acceptors (Lipinski definition) is 7. The summed E-state index contributed by atoms with van der Waals surface area (Å²) in [6, 6.07) is 4.86. The van der Waals surface area contributed by atoms with E-state index in [4.69, 9.17) is 4.42 Å². The van der Waals surface area contributed by atoms with E-state index in [1.165, 1.54) is 28.3 Å². The van der Waals surface area contributed by atoms with Crippen LogP contribution in [0.1, 0.15) is 41.8 Å². The number of nitrogens with zero attached hydrogens (tertiary/aromatic N) is 4. The summed E-state index contributed by atoms with van der Waals surface area (Å²) in [7, 11) is 0. The minimum absolute atomic E-state index is 0.181. The van der Waals surface area contributed by atoms with Gasteiger partial charge in [-0.05, 0) is 37.8 Å². The molecule has 0 unspecified atom stereocenters. The quantitative estimate of drug-likeness (QED) is 0.738. The Bertz CT molecular complexity index is 1040. The Labute approximate surface area is 159 Å². The Kier molecular flexibility index (Phi) is 4.69. The molecule has 0 aromatic carbocycles. The van der Waals surface area contributed by atoms with Gasteiger partial charge >= 0.3 is 0 Å². The molecule has 0 saturated carbocycles. The first-order chi connectivity index (χ1) is 13.0. The molecule has 3 aromatic heterocycles. The highest BCUT2D eigenvalue weighted by molar-refractivity contribution is 7.20. The standard InChI is InChI=1S/C18H21N5O3S/c1-11-4-3-7-22(10-11)18-21-23-14(8-15(24)20-17(23)27-18)16(25)19-9-13-6-5-12(2)26-13/h5-6,8,11H,3-4,7,9-10H2,1-2H3,(H,19,25)/t11-/m0/s1. The topological polar surface area (TPSA) is 92.7 Å². The Morgan fingerprint density at radius 3 is 3.04 bits per heavy atom. The molecule has 1 N–H and O–H groups in total. The molecule has 4 rings (SSSR count). The lowest BCUT2D eigenvalue weighted by Gasteiger charge is -2.30. The van der Waals surface area contributed by atoms with Crippen LogP contribution in [-0.2, 0) is 6.54 Å². The van der Waals surface area contributed by atoms with E-state index in [2.05, 4.69) is 27.2 Å². The molecule has 27 heavy (non-hydrogen) atoms. The normalized spacial score (nSPS) is 17.4. The molecule has 1 aliphatic rings. The van der Waals surface area contributed by atoms with E-state index in [-0.39, 0.29) is 18.1 Å². The molecule has 9 heteroatoms. The maximum Gasteiger partial charge on any atom is 0.274 e. The summed E-state index contributed by atoms with van der Waals surface area (Å²) in [4.78, 5) is 31.2. The molecule has 1 saturated heterocycles. The van der Waals surface area contributed by atoms with Crippen molar-refractivity contribution in [2.24, 2.45) is 5.92 Å². The Hall–Kier alpha value is -2.68. The summed E-state index contributed by atoms with van der Waals surface area (Å²) in [5.74, 6) is 1.64. The number of fused-ring (bicyclic) bond motifs is 1. The second-order valence-electron chi connectivity index (χ2n) is 6.95. The predicted octanol–water partition coefficient (Wildman–Crippen LogP) is 2.22. The number of nitrogens with one attached hydrogen (secondary N) is 1. The molecule has 0 bridgehead atoms. The number of carbonyl (C=O) groups is 1. The van der Waals surface area contributed by atoms with Crippen LogP contribution in [0, 0.1) is 12.8 Å². The van der Waals surface area contributed by atoms with Crippen LogP contribution < -0.4 is 15.8 Å². The lowest BCUT2D eigenvalue weighted by atomic mass is 10.0. The SMILES string of the molecule is Cc1ccc(CNC(=O)c2cc(=O)nc3sc(N4CCC[C@H](C)C4)nn23)o1. The molecule has 0 spiro atoms. The van der Waals surface area contributed by atoms with Gasteiger partial charge in [0.25, 0.3) is 11.5 Å². The summed E-state index contributed by atoms with van der Waals surface area (Å²) in [5.41, 5.74) is -0.267. The van der Waals surface area contributed by atoms with E-state index in [0.29, 0.717) is 16.6 Å². The molecule has 1 fully saturated rings. The van der Waals surface area contributed by atoms with E-state index in [1.807, 2.05) is 19.1 Å². The first-order valence-electron chi connectivity index (χ1n) is 8.99. The Morgan fingerprint density at radius 1 is 1.44 bits per heavy atom. The van der Waals surface area contributed by atoms with Crippen LogP contribution in [-0.4, -0.2) is 33.6 Å². The van der Waals surface area contributed by atoms with Crippen LogP contribution in [0.3, 0.4) is 0 Å². The number of rotatable bonds is 4. The van der Waals surface area contributed by atoms with Crippen LogP contribution in [0.4, 0.5) is 5.13 Å². The smallest absolute Gasteiger partial charge is 0.274 e. The lowest BCUT2D eigenvalue weighted by Crippen LogP contribution is -2.34. The third-order valence-electron chi connectivity index (χ3n) is 4.62. The minimum atomic E-state index is -0.448. The summed E-state index contributed by atoms with van der Waals surface area (Å²) < 4.78 is 6.92. The van der Waals surface area contributed by atoms with Crippen LogP contribution in [0.25, 0.3) is 4.96 Å². The maximum atomic E-state index is 12.6. The number of anilines is 1. The van der Waals surface area contributed by atoms with Crippen molar-refractivity contribution in [3.05, 3.63) is 45.8 Å². The van der Waals surface area contributed by atoms with Crippen molar-refractivity contribution in [3.63, 3.8) is 0 Å². The first kappa shape index (κ1) is 17.7. The van der Waals surface area contributed by atoms with Crippen molar-refractivity contribution >= 4 is 27.3 Å². The number of carbonyl (C=O) groups excluding carboxylic acids is 1. The van der Waals surface area contributed by atoms with Crippen molar-refractivity contribution in [3.8, 4) is 0 Å². The van der Waals surface area contributed by atoms with Crippen molar-refractivity contribution in [1.82, 2.24) is 19.9 Å². The summed E-state index contributed by atoms with van der Waals surface area (Å²) in [6.45, 7) is 6.15. The van der Waals surface area contributed by atoms with Gasteiger partial charge in [-0.2, -0.15) is 9.50 Å². The third kappa shape index (κ3) is 3.73. The van der Waals surface area contributed by atoms with E-state index < -0.39 is 5.56 Å². The van der Waals surface area contributed by atoms with Gasteiger partial charge in [0.1, 0.15) is 17.2 Å². The molecule has 3 aromatic rings. The second-order valence-corrected chi connectivity index (χ2v) is 7.88.